The van der Waals surface area contributed by atoms with Crippen LogP contribution in [0.2, 0.25) is 0 Å². The summed E-state index contributed by atoms with van der Waals surface area (Å²) >= 11 is 6.20. The topological polar surface area (TPSA) is 50.1 Å². The van der Waals surface area contributed by atoms with Crippen LogP contribution < -0.4 is 16.4 Å². The molecule has 4 N–H and O–H groups in total. The highest BCUT2D eigenvalue weighted by Gasteiger charge is 2.62. The van der Waals surface area contributed by atoms with E-state index >= 15 is 0 Å². The van der Waals surface area contributed by atoms with E-state index in [-0.39, 0.29) is 5.41 Å². The lowest BCUT2D eigenvalue weighted by atomic mass is 9.41. The highest BCUT2D eigenvalue weighted by Crippen LogP contribution is 2.66. The first-order valence-corrected chi connectivity index (χ1v) is 12.2. The van der Waals surface area contributed by atoms with E-state index in [2.05, 4.69) is 48.0 Å². The number of nitrogens with one attached hydrogen (secondary N) is 2. The molecule has 0 aliphatic heterocycles. The fraction of sp³-hybridized carbons (Fsp3) is 0.720. The molecule has 0 amide bonds. The molecule has 4 bridgehead atoms. The number of benzene rings is 1. The van der Waals surface area contributed by atoms with E-state index in [0.717, 1.165) is 24.3 Å². The summed E-state index contributed by atoms with van der Waals surface area (Å²) in [6, 6.07) is 12.6. The quantitative estimate of drug-likeness (QED) is 0.637. The number of rotatable bonds is 5. The largest absolute Gasteiger partial charge is 0.376 e. The maximum Gasteiger partial charge on any atom is 0.0818 e. The van der Waals surface area contributed by atoms with E-state index in [0.29, 0.717) is 17.5 Å². The van der Waals surface area contributed by atoms with E-state index in [4.69, 9.17) is 18.0 Å². The second-order valence-corrected chi connectivity index (χ2v) is 11.1. The lowest BCUT2D eigenvalue weighted by Gasteiger charge is -2.65. The second-order valence-electron chi connectivity index (χ2n) is 10.7. The molecular formula is C25H37N3S. The number of hydrogen-bond acceptors (Lipinski definition) is 3. The smallest absolute Gasteiger partial charge is 0.0818 e. The van der Waals surface area contributed by atoms with Crippen LogP contribution in [-0.4, -0.2) is 30.7 Å². The Balaban J connectivity index is 1.39. The standard InChI is InChI=1S/C25H37N3S/c1-27-22-18-11-24(20-5-3-2-4-6-20)12-19(22)14-25(13-18,16-24)23(29)28-21-9-7-17(15-26)8-10-21/h2-6,17-19,21-22,27H,7-16,26H2,1H3,(H,28,29)/t17-,18?,19?,21-,22?,24?,25?. The highest BCUT2D eigenvalue weighted by atomic mass is 32.1. The molecule has 0 aromatic heterocycles. The van der Waals surface area contributed by atoms with E-state index in [1.54, 1.807) is 5.56 Å². The number of nitrogens with two attached hydrogens (primary N) is 1. The van der Waals surface area contributed by atoms with Gasteiger partial charge < -0.3 is 16.4 Å². The Morgan fingerprint density at radius 2 is 1.69 bits per heavy atom. The van der Waals surface area contributed by atoms with Crippen LogP contribution >= 0.6 is 12.2 Å². The highest BCUT2D eigenvalue weighted by molar-refractivity contribution is 7.80. The van der Waals surface area contributed by atoms with Gasteiger partial charge >= 0.3 is 0 Å². The third kappa shape index (κ3) is 3.36. The van der Waals surface area contributed by atoms with Gasteiger partial charge in [-0.2, -0.15) is 0 Å². The van der Waals surface area contributed by atoms with Gasteiger partial charge in [0.05, 0.1) is 4.99 Å². The molecule has 1 aromatic carbocycles. The SMILES string of the molecule is CNC1C2CC3(C(=S)N[C@H]4CC[C@H](CN)CC4)CC1CC(c1ccccc1)(C2)C3. The summed E-state index contributed by atoms with van der Waals surface area (Å²) in [6.07, 6.45) is 11.4. The predicted octanol–water partition coefficient (Wildman–Crippen LogP) is 4.16. The van der Waals surface area contributed by atoms with Gasteiger partial charge in [0.15, 0.2) is 0 Å². The van der Waals surface area contributed by atoms with Crippen molar-refractivity contribution in [3.8, 4) is 0 Å². The van der Waals surface area contributed by atoms with Crippen LogP contribution in [0.3, 0.4) is 0 Å². The summed E-state index contributed by atoms with van der Waals surface area (Å²) in [7, 11) is 2.17. The van der Waals surface area contributed by atoms with Crippen molar-refractivity contribution in [2.24, 2.45) is 28.9 Å². The zero-order chi connectivity index (χ0) is 20.1. The van der Waals surface area contributed by atoms with Gasteiger partial charge in [-0.25, -0.2) is 0 Å². The predicted molar refractivity (Wildman–Crippen MR) is 124 cm³/mol. The van der Waals surface area contributed by atoms with Crippen molar-refractivity contribution in [1.82, 2.24) is 10.6 Å². The Morgan fingerprint density at radius 3 is 2.28 bits per heavy atom. The second kappa shape index (κ2) is 7.62. The first-order valence-electron chi connectivity index (χ1n) is 11.8. The third-order valence-corrected chi connectivity index (χ3v) is 9.57. The van der Waals surface area contributed by atoms with Crippen LogP contribution in [0.4, 0.5) is 0 Å². The number of hydrogen-bond donors (Lipinski definition) is 3. The van der Waals surface area contributed by atoms with E-state index < -0.39 is 0 Å². The van der Waals surface area contributed by atoms with Crippen molar-refractivity contribution in [2.75, 3.05) is 13.6 Å². The van der Waals surface area contributed by atoms with Crippen molar-refractivity contribution >= 4 is 17.2 Å². The zero-order valence-electron chi connectivity index (χ0n) is 17.8. The molecule has 158 valence electrons. The first-order chi connectivity index (χ1) is 14.1. The maximum atomic E-state index is 6.20. The Bertz CT molecular complexity index is 724. The maximum absolute atomic E-state index is 6.20. The van der Waals surface area contributed by atoms with Crippen molar-refractivity contribution in [3.05, 3.63) is 35.9 Å². The molecule has 1 aromatic rings. The molecule has 0 radical (unpaired) electrons. The Labute approximate surface area is 181 Å². The summed E-state index contributed by atoms with van der Waals surface area (Å²) in [5, 5.41) is 7.58. The molecule has 5 saturated carbocycles. The molecule has 0 heterocycles. The first kappa shape index (κ1) is 20.0. The molecular weight excluding hydrogens is 374 g/mol. The molecule has 0 spiro atoms. The average molecular weight is 412 g/mol. The summed E-state index contributed by atoms with van der Waals surface area (Å²) in [6.45, 7) is 0.843. The summed E-state index contributed by atoms with van der Waals surface area (Å²) in [5.74, 6) is 2.21. The summed E-state index contributed by atoms with van der Waals surface area (Å²) < 4.78 is 0. The van der Waals surface area contributed by atoms with Gasteiger partial charge in [-0.3, -0.25) is 0 Å². The molecule has 2 unspecified atom stereocenters. The van der Waals surface area contributed by atoms with Gasteiger partial charge in [-0.1, -0.05) is 42.5 Å². The van der Waals surface area contributed by atoms with Crippen LogP contribution in [0.5, 0.6) is 0 Å². The van der Waals surface area contributed by atoms with Gasteiger partial charge in [-0.15, -0.1) is 0 Å². The lowest BCUT2D eigenvalue weighted by molar-refractivity contribution is -0.0597. The van der Waals surface area contributed by atoms with E-state index in [9.17, 15) is 0 Å². The van der Waals surface area contributed by atoms with Crippen molar-refractivity contribution in [3.63, 3.8) is 0 Å². The molecule has 29 heavy (non-hydrogen) atoms. The fourth-order valence-corrected chi connectivity index (χ4v) is 8.30. The minimum atomic E-state index is 0.203. The van der Waals surface area contributed by atoms with Gasteiger partial charge in [0.25, 0.3) is 0 Å². The molecule has 6 rings (SSSR count). The molecule has 5 aliphatic rings. The minimum Gasteiger partial charge on any atom is -0.376 e. The average Bonchev–Trinajstić information content (AvgIpc) is 2.74. The number of thiocarbonyl (C=S) groups is 1. The van der Waals surface area contributed by atoms with Crippen LogP contribution in [0.25, 0.3) is 0 Å². The minimum absolute atomic E-state index is 0.203. The van der Waals surface area contributed by atoms with Crippen LogP contribution in [0.15, 0.2) is 30.3 Å². The molecule has 4 heteroatoms. The third-order valence-electron chi connectivity index (χ3n) is 9.02. The lowest BCUT2D eigenvalue weighted by Crippen LogP contribution is -2.65. The Hall–Kier alpha value is -0.970. The Morgan fingerprint density at radius 1 is 1.03 bits per heavy atom. The van der Waals surface area contributed by atoms with Crippen LogP contribution in [0.1, 0.15) is 63.4 Å². The van der Waals surface area contributed by atoms with Crippen LogP contribution in [-0.2, 0) is 5.41 Å². The molecule has 3 nitrogen and oxygen atoms in total. The normalized spacial score (nSPS) is 43.3. The van der Waals surface area contributed by atoms with Crippen LogP contribution in [0, 0.1) is 23.2 Å². The summed E-state index contributed by atoms with van der Waals surface area (Å²) in [5.41, 5.74) is 7.98. The van der Waals surface area contributed by atoms with E-state index in [1.165, 1.54) is 62.8 Å². The zero-order valence-corrected chi connectivity index (χ0v) is 18.6. The molecule has 2 atom stereocenters. The summed E-state index contributed by atoms with van der Waals surface area (Å²) in [4.78, 5) is 1.19. The van der Waals surface area contributed by atoms with Gasteiger partial charge in [-0.05, 0) is 100 Å². The van der Waals surface area contributed by atoms with Gasteiger partial charge in [0.1, 0.15) is 0 Å². The fourth-order valence-electron chi connectivity index (χ4n) is 7.90. The van der Waals surface area contributed by atoms with Crippen molar-refractivity contribution in [2.45, 2.75) is 75.3 Å². The van der Waals surface area contributed by atoms with Gasteiger partial charge in [0, 0.05) is 17.5 Å². The van der Waals surface area contributed by atoms with Gasteiger partial charge in [0.2, 0.25) is 0 Å². The monoisotopic (exact) mass is 411 g/mol. The molecule has 0 saturated heterocycles. The molecule has 5 fully saturated rings. The van der Waals surface area contributed by atoms with Crippen molar-refractivity contribution < 1.29 is 0 Å². The molecule has 5 aliphatic carbocycles. The Kier molecular flexibility index (Phi) is 5.24. The van der Waals surface area contributed by atoms with E-state index in [1.807, 2.05) is 0 Å². The van der Waals surface area contributed by atoms with Crippen molar-refractivity contribution in [1.29, 1.82) is 0 Å².